The molecule has 3 rings (SSSR count). The Hall–Kier alpha value is -2.91. The maximum Gasteiger partial charge on any atom is 0.418 e. The van der Waals surface area contributed by atoms with E-state index in [9.17, 15) is 22.4 Å². The van der Waals surface area contributed by atoms with Gasteiger partial charge in [-0.05, 0) is 12.1 Å². The lowest BCUT2D eigenvalue weighted by molar-refractivity contribution is -0.137. The number of amides is 2. The molecule has 0 saturated carbocycles. The molecule has 138 valence electrons. The third-order valence-corrected chi connectivity index (χ3v) is 3.99. The van der Waals surface area contributed by atoms with E-state index in [4.69, 9.17) is 0 Å². The molecular formula is C16H15F4N5O. The lowest BCUT2D eigenvalue weighted by Crippen LogP contribution is -2.50. The van der Waals surface area contributed by atoms with Gasteiger partial charge in [-0.1, -0.05) is 6.07 Å². The van der Waals surface area contributed by atoms with Crippen molar-refractivity contribution in [1.82, 2.24) is 14.9 Å². The van der Waals surface area contributed by atoms with Crippen molar-refractivity contribution in [1.29, 1.82) is 0 Å². The van der Waals surface area contributed by atoms with Gasteiger partial charge in [0.2, 0.25) is 0 Å². The van der Waals surface area contributed by atoms with Crippen molar-refractivity contribution in [3.8, 4) is 0 Å². The first-order valence-electron chi connectivity index (χ1n) is 7.79. The molecule has 1 aromatic heterocycles. The second kappa shape index (κ2) is 7.14. The minimum Gasteiger partial charge on any atom is -0.352 e. The largest absolute Gasteiger partial charge is 0.418 e. The summed E-state index contributed by atoms with van der Waals surface area (Å²) in [6, 6.07) is 1.77. The number of para-hydroxylation sites is 1. The van der Waals surface area contributed by atoms with Gasteiger partial charge in [-0.2, -0.15) is 13.2 Å². The van der Waals surface area contributed by atoms with E-state index in [1.807, 2.05) is 4.90 Å². The van der Waals surface area contributed by atoms with Crippen molar-refractivity contribution in [2.75, 3.05) is 36.4 Å². The van der Waals surface area contributed by atoms with E-state index < -0.39 is 29.3 Å². The maximum absolute atomic E-state index is 13.8. The first-order valence-corrected chi connectivity index (χ1v) is 7.79. The summed E-state index contributed by atoms with van der Waals surface area (Å²) in [5, 5.41) is 2.06. The number of rotatable bonds is 2. The van der Waals surface area contributed by atoms with Gasteiger partial charge in [0.1, 0.15) is 11.6 Å². The molecule has 1 saturated heterocycles. The summed E-state index contributed by atoms with van der Waals surface area (Å²) >= 11 is 0. The normalized spacial score (nSPS) is 15.1. The van der Waals surface area contributed by atoms with Crippen LogP contribution in [0.15, 0.2) is 36.8 Å². The summed E-state index contributed by atoms with van der Waals surface area (Å²) in [6.07, 6.45) is -0.0921. The SMILES string of the molecule is O=C(Nc1c(F)cccc1C(F)(F)F)N1CCN(c2cnccn2)CC1. The third kappa shape index (κ3) is 3.84. The molecule has 1 aliphatic heterocycles. The van der Waals surface area contributed by atoms with Crippen LogP contribution < -0.4 is 10.2 Å². The van der Waals surface area contributed by atoms with Crippen LogP contribution in [-0.2, 0) is 6.18 Å². The molecule has 10 heteroatoms. The van der Waals surface area contributed by atoms with E-state index in [0.29, 0.717) is 18.9 Å². The van der Waals surface area contributed by atoms with Gasteiger partial charge in [0.25, 0.3) is 0 Å². The van der Waals surface area contributed by atoms with Crippen molar-refractivity contribution < 1.29 is 22.4 Å². The molecule has 0 spiro atoms. The Balaban J connectivity index is 1.67. The highest BCUT2D eigenvalue weighted by Crippen LogP contribution is 2.36. The molecule has 0 aliphatic carbocycles. The van der Waals surface area contributed by atoms with E-state index >= 15 is 0 Å². The quantitative estimate of drug-likeness (QED) is 0.827. The topological polar surface area (TPSA) is 61.4 Å². The fourth-order valence-electron chi connectivity index (χ4n) is 2.67. The van der Waals surface area contributed by atoms with Gasteiger partial charge >= 0.3 is 12.2 Å². The number of carbonyl (C=O) groups is 1. The summed E-state index contributed by atoms with van der Waals surface area (Å²) in [7, 11) is 0. The first-order chi connectivity index (χ1) is 12.4. The van der Waals surface area contributed by atoms with Gasteiger partial charge in [-0.25, -0.2) is 14.2 Å². The number of alkyl halides is 3. The van der Waals surface area contributed by atoms with E-state index in [1.165, 1.54) is 4.90 Å². The monoisotopic (exact) mass is 369 g/mol. The van der Waals surface area contributed by atoms with Crippen LogP contribution in [0.3, 0.4) is 0 Å². The second-order valence-corrected chi connectivity index (χ2v) is 5.63. The van der Waals surface area contributed by atoms with Crippen LogP contribution >= 0.6 is 0 Å². The van der Waals surface area contributed by atoms with Gasteiger partial charge in [0.15, 0.2) is 0 Å². The molecule has 2 amide bonds. The van der Waals surface area contributed by atoms with Crippen LogP contribution in [-0.4, -0.2) is 47.1 Å². The second-order valence-electron chi connectivity index (χ2n) is 5.63. The zero-order valence-corrected chi connectivity index (χ0v) is 13.5. The highest BCUT2D eigenvalue weighted by molar-refractivity contribution is 5.90. The van der Waals surface area contributed by atoms with Crippen LogP contribution in [0.2, 0.25) is 0 Å². The van der Waals surface area contributed by atoms with E-state index in [-0.39, 0.29) is 13.1 Å². The van der Waals surface area contributed by atoms with Gasteiger partial charge in [0, 0.05) is 38.6 Å². The van der Waals surface area contributed by atoms with Crippen LogP contribution in [0, 0.1) is 5.82 Å². The zero-order valence-electron chi connectivity index (χ0n) is 13.5. The average molecular weight is 369 g/mol. The number of carbonyl (C=O) groups excluding carboxylic acids is 1. The first kappa shape index (κ1) is 17.9. The molecule has 1 aliphatic rings. The smallest absolute Gasteiger partial charge is 0.352 e. The lowest BCUT2D eigenvalue weighted by Gasteiger charge is -2.35. The molecule has 0 atom stereocenters. The molecule has 2 aromatic rings. The Labute approximate surface area is 146 Å². The van der Waals surface area contributed by atoms with Crippen molar-refractivity contribution in [2.45, 2.75) is 6.18 Å². The van der Waals surface area contributed by atoms with Gasteiger partial charge in [-0.15, -0.1) is 0 Å². The zero-order chi connectivity index (χ0) is 18.7. The van der Waals surface area contributed by atoms with Crippen LogP contribution in [0.1, 0.15) is 5.56 Å². The van der Waals surface area contributed by atoms with Crippen LogP contribution in [0.25, 0.3) is 0 Å². The number of nitrogens with zero attached hydrogens (tertiary/aromatic N) is 4. The molecule has 1 N–H and O–H groups in total. The number of anilines is 2. The Bertz CT molecular complexity index is 776. The van der Waals surface area contributed by atoms with Crippen LogP contribution in [0.5, 0.6) is 0 Å². The number of hydrogen-bond donors (Lipinski definition) is 1. The molecule has 1 aromatic carbocycles. The predicted molar refractivity (Wildman–Crippen MR) is 86.2 cm³/mol. The summed E-state index contributed by atoms with van der Waals surface area (Å²) in [4.78, 5) is 23.6. The fourth-order valence-corrected chi connectivity index (χ4v) is 2.67. The number of urea groups is 1. The van der Waals surface area contributed by atoms with Crippen molar-refractivity contribution in [3.05, 3.63) is 48.2 Å². The average Bonchev–Trinajstić information content (AvgIpc) is 2.63. The molecule has 1 fully saturated rings. The Morgan fingerprint density at radius 3 is 2.46 bits per heavy atom. The Morgan fingerprint density at radius 2 is 1.85 bits per heavy atom. The van der Waals surface area contributed by atoms with E-state index in [1.54, 1.807) is 18.6 Å². The minimum absolute atomic E-state index is 0.262. The number of nitrogens with one attached hydrogen (secondary N) is 1. The van der Waals surface area contributed by atoms with Crippen molar-refractivity contribution in [2.24, 2.45) is 0 Å². The lowest BCUT2D eigenvalue weighted by atomic mass is 10.1. The molecule has 2 heterocycles. The number of piperazine rings is 1. The predicted octanol–water partition coefficient (Wildman–Crippen LogP) is 2.99. The summed E-state index contributed by atoms with van der Waals surface area (Å²) in [5.41, 5.74) is -2.08. The molecule has 0 radical (unpaired) electrons. The molecule has 26 heavy (non-hydrogen) atoms. The van der Waals surface area contributed by atoms with Crippen molar-refractivity contribution in [3.63, 3.8) is 0 Å². The highest BCUT2D eigenvalue weighted by atomic mass is 19.4. The van der Waals surface area contributed by atoms with Crippen molar-refractivity contribution >= 4 is 17.5 Å². The Morgan fingerprint density at radius 1 is 1.12 bits per heavy atom. The standard InChI is InChI=1S/C16H15F4N5O/c17-12-3-1-2-11(16(18,19)20)14(12)23-15(26)25-8-6-24(7-9-25)13-10-21-4-5-22-13/h1-5,10H,6-9H2,(H,23,26). The maximum atomic E-state index is 13.8. The summed E-state index contributed by atoms with van der Waals surface area (Å²) in [5.74, 6) is -0.479. The van der Waals surface area contributed by atoms with Gasteiger partial charge < -0.3 is 15.1 Å². The molecule has 0 bridgehead atoms. The number of benzene rings is 1. The number of halogens is 4. The highest BCUT2D eigenvalue weighted by Gasteiger charge is 2.35. The molecule has 6 nitrogen and oxygen atoms in total. The summed E-state index contributed by atoms with van der Waals surface area (Å²) in [6.45, 7) is 1.40. The minimum atomic E-state index is -4.77. The third-order valence-electron chi connectivity index (χ3n) is 3.99. The van der Waals surface area contributed by atoms with Gasteiger partial charge in [0.05, 0.1) is 17.4 Å². The number of hydrogen-bond acceptors (Lipinski definition) is 4. The van der Waals surface area contributed by atoms with E-state index in [0.717, 1.165) is 18.2 Å². The number of aromatic nitrogens is 2. The molecule has 0 unspecified atom stereocenters. The fraction of sp³-hybridized carbons (Fsp3) is 0.312. The van der Waals surface area contributed by atoms with Crippen LogP contribution in [0.4, 0.5) is 33.9 Å². The van der Waals surface area contributed by atoms with Gasteiger partial charge in [-0.3, -0.25) is 4.98 Å². The molecular weight excluding hydrogens is 354 g/mol. The Kier molecular flexibility index (Phi) is 4.92. The van der Waals surface area contributed by atoms with E-state index in [2.05, 4.69) is 15.3 Å². The summed E-state index contributed by atoms with van der Waals surface area (Å²) < 4.78 is 52.9.